The molecule has 0 aromatic carbocycles. The van der Waals surface area contributed by atoms with Crippen LogP contribution in [0.3, 0.4) is 0 Å². The second kappa shape index (κ2) is 3.14. The van der Waals surface area contributed by atoms with Crippen molar-refractivity contribution in [2.45, 2.75) is 18.9 Å². The molecule has 5 heteroatoms. The van der Waals surface area contributed by atoms with E-state index in [1.165, 1.54) is 0 Å². The molecule has 1 aliphatic rings. The van der Waals surface area contributed by atoms with Gasteiger partial charge in [-0.25, -0.2) is 8.42 Å². The molecule has 12 heavy (non-hydrogen) atoms. The van der Waals surface area contributed by atoms with Gasteiger partial charge in [0.25, 0.3) is 0 Å². The minimum atomic E-state index is -3.04. The first-order chi connectivity index (χ1) is 5.54. The quantitative estimate of drug-likeness (QED) is 0.580. The fourth-order valence-electron chi connectivity index (χ4n) is 1.37. The summed E-state index contributed by atoms with van der Waals surface area (Å²) in [5, 5.41) is 0. The van der Waals surface area contributed by atoms with E-state index in [1.807, 2.05) is 0 Å². The molecule has 1 atom stereocenters. The monoisotopic (exact) mass is 192 g/mol. The van der Waals surface area contributed by atoms with Gasteiger partial charge in [-0.2, -0.15) is 0 Å². The largest absolute Gasteiger partial charge is 0.367 e. The van der Waals surface area contributed by atoms with E-state index in [-0.39, 0.29) is 11.5 Å². The summed E-state index contributed by atoms with van der Waals surface area (Å²) in [4.78, 5) is 10.6. The molecule has 0 bridgehead atoms. The zero-order valence-electron chi connectivity index (χ0n) is 6.95. The summed E-state index contributed by atoms with van der Waals surface area (Å²) in [5.41, 5.74) is -1.05. The summed E-state index contributed by atoms with van der Waals surface area (Å²) < 4.78 is 27.2. The first-order valence-electron chi connectivity index (χ1n) is 3.84. The van der Waals surface area contributed by atoms with Crippen LogP contribution in [0.5, 0.6) is 0 Å². The lowest BCUT2D eigenvalue weighted by molar-refractivity contribution is -0.127. The number of carbonyl (C=O) groups excluding carboxylic acids is 1. The molecule has 0 saturated carbocycles. The van der Waals surface area contributed by atoms with Gasteiger partial charge in [0.05, 0.1) is 11.5 Å². The highest BCUT2D eigenvalue weighted by atomic mass is 32.2. The normalized spacial score (nSPS) is 33.4. The fraction of sp³-hybridized carbons (Fsp3) is 0.857. The number of hydrogen-bond donors (Lipinski definition) is 0. The van der Waals surface area contributed by atoms with E-state index in [2.05, 4.69) is 0 Å². The summed E-state index contributed by atoms with van der Waals surface area (Å²) in [5.74, 6) is -0.0942. The van der Waals surface area contributed by atoms with Gasteiger partial charge in [0.1, 0.15) is 5.60 Å². The van der Waals surface area contributed by atoms with Crippen molar-refractivity contribution in [1.82, 2.24) is 0 Å². The number of rotatable bonds is 3. The molecule has 0 amide bonds. The molecular weight excluding hydrogens is 180 g/mol. The third kappa shape index (κ3) is 1.84. The molecule has 0 aliphatic carbocycles. The molecule has 0 spiro atoms. The van der Waals surface area contributed by atoms with Crippen molar-refractivity contribution in [3.8, 4) is 0 Å². The molecular formula is C7H12O4S. The Hall–Kier alpha value is -0.420. The van der Waals surface area contributed by atoms with Gasteiger partial charge in [-0.05, 0) is 13.3 Å². The van der Waals surface area contributed by atoms with Crippen LogP contribution in [0.25, 0.3) is 0 Å². The van der Waals surface area contributed by atoms with Crippen LogP contribution < -0.4 is 0 Å². The summed E-state index contributed by atoms with van der Waals surface area (Å²) in [6.07, 6.45) is 0.910. The van der Waals surface area contributed by atoms with E-state index >= 15 is 0 Å². The van der Waals surface area contributed by atoms with Crippen molar-refractivity contribution in [2.24, 2.45) is 0 Å². The number of ether oxygens (including phenoxy) is 1. The van der Waals surface area contributed by atoms with Crippen molar-refractivity contribution in [3.63, 3.8) is 0 Å². The van der Waals surface area contributed by atoms with Gasteiger partial charge >= 0.3 is 0 Å². The molecule has 1 fully saturated rings. The standard InChI is InChI=1S/C7H12O4S/c1-2-11-7(5-8)3-4-12(9,10)6-7/h5H,2-4,6H2,1H3. The van der Waals surface area contributed by atoms with Crippen LogP contribution in [0.4, 0.5) is 0 Å². The van der Waals surface area contributed by atoms with Crippen LogP contribution in [0.1, 0.15) is 13.3 Å². The molecule has 1 rings (SSSR count). The molecule has 1 heterocycles. The lowest BCUT2D eigenvalue weighted by atomic mass is 10.1. The average molecular weight is 192 g/mol. The van der Waals surface area contributed by atoms with Crippen molar-refractivity contribution < 1.29 is 17.9 Å². The molecule has 0 aromatic heterocycles. The number of hydrogen-bond acceptors (Lipinski definition) is 4. The Morgan fingerprint density at radius 2 is 2.25 bits per heavy atom. The Kier molecular flexibility index (Phi) is 2.53. The van der Waals surface area contributed by atoms with Crippen LogP contribution in [0.2, 0.25) is 0 Å². The first-order valence-corrected chi connectivity index (χ1v) is 5.66. The zero-order valence-corrected chi connectivity index (χ0v) is 7.76. The van der Waals surface area contributed by atoms with E-state index in [1.54, 1.807) is 6.92 Å². The number of carbonyl (C=O) groups is 1. The van der Waals surface area contributed by atoms with Crippen molar-refractivity contribution >= 4 is 16.1 Å². The van der Waals surface area contributed by atoms with Gasteiger partial charge in [-0.15, -0.1) is 0 Å². The Morgan fingerprint density at radius 3 is 2.58 bits per heavy atom. The van der Waals surface area contributed by atoms with E-state index in [9.17, 15) is 13.2 Å². The smallest absolute Gasteiger partial charge is 0.153 e. The molecule has 4 nitrogen and oxygen atoms in total. The summed E-state index contributed by atoms with van der Waals surface area (Å²) in [6.45, 7) is 2.12. The van der Waals surface area contributed by atoms with Gasteiger partial charge < -0.3 is 9.53 Å². The van der Waals surface area contributed by atoms with Crippen LogP contribution in [-0.2, 0) is 19.4 Å². The molecule has 0 radical (unpaired) electrons. The van der Waals surface area contributed by atoms with Crippen LogP contribution in [0.15, 0.2) is 0 Å². The molecule has 70 valence electrons. The maximum atomic E-state index is 11.0. The highest BCUT2D eigenvalue weighted by molar-refractivity contribution is 7.91. The van der Waals surface area contributed by atoms with Crippen LogP contribution in [0, 0.1) is 0 Å². The first kappa shape index (κ1) is 9.67. The van der Waals surface area contributed by atoms with E-state index in [4.69, 9.17) is 4.74 Å². The van der Waals surface area contributed by atoms with Gasteiger partial charge in [0.2, 0.25) is 0 Å². The SMILES string of the molecule is CCOC1(C=O)CCS(=O)(=O)C1. The summed E-state index contributed by atoms with van der Waals surface area (Å²) in [6, 6.07) is 0. The highest BCUT2D eigenvalue weighted by Crippen LogP contribution is 2.25. The Balaban J connectivity index is 2.79. The predicted octanol–water partition coefficient (Wildman–Crippen LogP) is -0.221. The fourth-order valence-corrected chi connectivity index (χ4v) is 3.21. The predicted molar refractivity (Wildman–Crippen MR) is 43.7 cm³/mol. The van der Waals surface area contributed by atoms with Crippen LogP contribution >= 0.6 is 0 Å². The lowest BCUT2D eigenvalue weighted by Crippen LogP contribution is -2.35. The molecule has 1 aliphatic heterocycles. The molecule has 0 N–H and O–H groups in total. The maximum absolute atomic E-state index is 11.0. The van der Waals surface area contributed by atoms with Crippen LogP contribution in [-0.4, -0.2) is 38.4 Å². The molecule has 0 aromatic rings. The lowest BCUT2D eigenvalue weighted by Gasteiger charge is -2.19. The van der Waals surface area contributed by atoms with E-state index in [0.29, 0.717) is 19.3 Å². The van der Waals surface area contributed by atoms with Gasteiger partial charge in [-0.1, -0.05) is 0 Å². The zero-order chi connectivity index (χ0) is 9.24. The van der Waals surface area contributed by atoms with Gasteiger partial charge in [0, 0.05) is 6.61 Å². The van der Waals surface area contributed by atoms with Crippen molar-refractivity contribution in [1.29, 1.82) is 0 Å². The van der Waals surface area contributed by atoms with E-state index in [0.717, 1.165) is 0 Å². The summed E-state index contributed by atoms with van der Waals surface area (Å²) >= 11 is 0. The minimum absolute atomic E-state index is 0.0612. The highest BCUT2D eigenvalue weighted by Gasteiger charge is 2.42. The minimum Gasteiger partial charge on any atom is -0.367 e. The molecule has 1 unspecified atom stereocenters. The molecule has 1 saturated heterocycles. The average Bonchev–Trinajstić information content (AvgIpc) is 2.29. The van der Waals surface area contributed by atoms with E-state index < -0.39 is 15.4 Å². The second-order valence-corrected chi connectivity index (χ2v) is 5.14. The van der Waals surface area contributed by atoms with Gasteiger partial charge in [0.15, 0.2) is 16.1 Å². The Morgan fingerprint density at radius 1 is 1.58 bits per heavy atom. The third-order valence-corrected chi connectivity index (χ3v) is 3.70. The Labute approximate surface area is 71.8 Å². The second-order valence-electron chi connectivity index (χ2n) is 2.96. The number of aldehydes is 1. The third-order valence-electron chi connectivity index (χ3n) is 1.95. The summed E-state index contributed by atoms with van der Waals surface area (Å²) in [7, 11) is -3.04. The maximum Gasteiger partial charge on any atom is 0.153 e. The number of sulfone groups is 1. The van der Waals surface area contributed by atoms with Gasteiger partial charge in [-0.3, -0.25) is 0 Å². The topological polar surface area (TPSA) is 60.4 Å². The van der Waals surface area contributed by atoms with Crippen molar-refractivity contribution in [2.75, 3.05) is 18.1 Å². The Bertz CT molecular complexity index is 269. The van der Waals surface area contributed by atoms with Crippen molar-refractivity contribution in [3.05, 3.63) is 0 Å².